The summed E-state index contributed by atoms with van der Waals surface area (Å²) in [6.07, 6.45) is 1.65. The Morgan fingerprint density at radius 2 is 2.20 bits per heavy atom. The summed E-state index contributed by atoms with van der Waals surface area (Å²) in [5.41, 5.74) is 1.08. The average molecular weight is 274 g/mol. The van der Waals surface area contributed by atoms with Crippen LogP contribution in [0.2, 0.25) is 0 Å². The predicted molar refractivity (Wildman–Crippen MR) is 72.1 cm³/mol. The summed E-state index contributed by atoms with van der Waals surface area (Å²) in [7, 11) is 3.44. The van der Waals surface area contributed by atoms with Gasteiger partial charge in [0.25, 0.3) is 11.6 Å². The van der Waals surface area contributed by atoms with Crippen LogP contribution in [0.5, 0.6) is 0 Å². The summed E-state index contributed by atoms with van der Waals surface area (Å²) in [4.78, 5) is 23.9. The molecule has 0 aliphatic heterocycles. The van der Waals surface area contributed by atoms with Crippen molar-refractivity contribution in [3.8, 4) is 0 Å². The number of aryl methyl sites for hydroxylation is 1. The number of nitrogens with zero attached hydrogens (tertiary/aromatic N) is 4. The van der Waals surface area contributed by atoms with Gasteiger partial charge in [-0.15, -0.1) is 0 Å². The lowest BCUT2D eigenvalue weighted by Gasteiger charge is -2.17. The first-order chi connectivity index (χ1) is 9.49. The number of non-ortho nitro benzene ring substituents is 1. The van der Waals surface area contributed by atoms with Crippen molar-refractivity contribution >= 4 is 11.6 Å². The van der Waals surface area contributed by atoms with Crippen LogP contribution in [0.1, 0.15) is 16.1 Å². The van der Waals surface area contributed by atoms with Gasteiger partial charge in [-0.05, 0) is 12.1 Å². The molecule has 7 heteroatoms. The fraction of sp³-hybridized carbons (Fsp3) is 0.231. The maximum atomic E-state index is 12.2. The molecule has 0 bridgehead atoms. The Morgan fingerprint density at radius 3 is 2.80 bits per heavy atom. The third-order valence-corrected chi connectivity index (χ3v) is 2.97. The van der Waals surface area contributed by atoms with Gasteiger partial charge in [0.1, 0.15) is 0 Å². The number of rotatable bonds is 4. The molecular weight excluding hydrogens is 260 g/mol. The molecule has 0 N–H and O–H groups in total. The summed E-state index contributed by atoms with van der Waals surface area (Å²) in [5, 5.41) is 14.7. The number of benzene rings is 1. The van der Waals surface area contributed by atoms with Gasteiger partial charge in [0.2, 0.25) is 0 Å². The Morgan fingerprint density at radius 1 is 1.45 bits per heavy atom. The molecule has 1 heterocycles. The second-order valence-corrected chi connectivity index (χ2v) is 4.41. The second kappa shape index (κ2) is 5.52. The quantitative estimate of drug-likeness (QED) is 0.626. The molecule has 2 aromatic rings. The van der Waals surface area contributed by atoms with Crippen LogP contribution in [0.15, 0.2) is 36.5 Å². The lowest BCUT2D eigenvalue weighted by molar-refractivity contribution is -0.384. The highest BCUT2D eigenvalue weighted by Crippen LogP contribution is 2.15. The van der Waals surface area contributed by atoms with E-state index in [0.29, 0.717) is 12.1 Å². The Hall–Kier alpha value is -2.70. The van der Waals surface area contributed by atoms with E-state index in [-0.39, 0.29) is 11.6 Å². The zero-order valence-corrected chi connectivity index (χ0v) is 11.2. The molecule has 1 aromatic heterocycles. The van der Waals surface area contributed by atoms with Gasteiger partial charge in [-0.2, -0.15) is 5.10 Å². The van der Waals surface area contributed by atoms with Gasteiger partial charge in [-0.25, -0.2) is 0 Å². The Kier molecular flexibility index (Phi) is 3.79. The molecule has 1 aromatic carbocycles. The van der Waals surface area contributed by atoms with E-state index in [1.807, 2.05) is 6.07 Å². The molecule has 1 amide bonds. The molecule has 104 valence electrons. The zero-order valence-electron chi connectivity index (χ0n) is 11.2. The van der Waals surface area contributed by atoms with E-state index in [1.165, 1.54) is 23.1 Å². The van der Waals surface area contributed by atoms with Crippen molar-refractivity contribution in [3.05, 3.63) is 57.9 Å². The maximum absolute atomic E-state index is 12.2. The number of amides is 1. The highest BCUT2D eigenvalue weighted by Gasteiger charge is 2.16. The topological polar surface area (TPSA) is 81.3 Å². The van der Waals surface area contributed by atoms with Crippen LogP contribution < -0.4 is 0 Å². The number of nitro benzene ring substituents is 1. The predicted octanol–water partition coefficient (Wildman–Crippen LogP) is 1.60. The zero-order chi connectivity index (χ0) is 14.7. The van der Waals surface area contributed by atoms with Gasteiger partial charge in [0, 0.05) is 38.0 Å². The maximum Gasteiger partial charge on any atom is 0.270 e. The third-order valence-electron chi connectivity index (χ3n) is 2.97. The SMILES string of the molecule is CN(Cc1ccnn1C)C(=O)c1cccc([N+](=O)[O-])c1. The average Bonchev–Trinajstić information content (AvgIpc) is 2.83. The molecule has 2 rings (SSSR count). The van der Waals surface area contributed by atoms with Crippen LogP contribution in [-0.4, -0.2) is 32.6 Å². The van der Waals surface area contributed by atoms with Gasteiger partial charge in [-0.1, -0.05) is 6.07 Å². The lowest BCUT2D eigenvalue weighted by Crippen LogP contribution is -2.27. The fourth-order valence-electron chi connectivity index (χ4n) is 1.84. The van der Waals surface area contributed by atoms with E-state index in [1.54, 1.807) is 31.0 Å². The van der Waals surface area contributed by atoms with Crippen molar-refractivity contribution in [1.82, 2.24) is 14.7 Å². The first-order valence-corrected chi connectivity index (χ1v) is 5.96. The molecular formula is C13H14N4O3. The van der Waals surface area contributed by atoms with Gasteiger partial charge in [0.05, 0.1) is 17.2 Å². The van der Waals surface area contributed by atoms with Gasteiger partial charge >= 0.3 is 0 Å². The number of carbonyl (C=O) groups excluding carboxylic acids is 1. The molecule has 0 aliphatic rings. The molecule has 0 saturated heterocycles. The minimum absolute atomic E-state index is 0.0928. The molecule has 0 unspecified atom stereocenters. The Bertz CT molecular complexity index is 651. The first-order valence-electron chi connectivity index (χ1n) is 5.96. The summed E-state index contributed by atoms with van der Waals surface area (Å²) >= 11 is 0. The van der Waals surface area contributed by atoms with Crippen LogP contribution >= 0.6 is 0 Å². The van der Waals surface area contributed by atoms with Gasteiger partial charge in [-0.3, -0.25) is 19.6 Å². The smallest absolute Gasteiger partial charge is 0.270 e. The van der Waals surface area contributed by atoms with Crippen molar-refractivity contribution in [1.29, 1.82) is 0 Å². The van der Waals surface area contributed by atoms with Crippen LogP contribution in [-0.2, 0) is 13.6 Å². The number of aromatic nitrogens is 2. The first kappa shape index (κ1) is 13.7. The Labute approximate surface area is 115 Å². The van der Waals surface area contributed by atoms with Crippen LogP contribution in [0.3, 0.4) is 0 Å². The summed E-state index contributed by atoms with van der Waals surface area (Å²) in [5.74, 6) is -0.269. The van der Waals surface area contributed by atoms with E-state index >= 15 is 0 Å². The van der Waals surface area contributed by atoms with E-state index < -0.39 is 4.92 Å². The van der Waals surface area contributed by atoms with Crippen molar-refractivity contribution in [3.63, 3.8) is 0 Å². The molecule has 0 spiro atoms. The van der Waals surface area contributed by atoms with Gasteiger partial charge < -0.3 is 4.90 Å². The lowest BCUT2D eigenvalue weighted by atomic mass is 10.2. The Balaban J connectivity index is 2.16. The molecule has 0 saturated carbocycles. The summed E-state index contributed by atoms with van der Waals surface area (Å²) in [6.45, 7) is 0.387. The second-order valence-electron chi connectivity index (χ2n) is 4.41. The largest absolute Gasteiger partial charge is 0.336 e. The van der Waals surface area contributed by atoms with Crippen molar-refractivity contribution in [2.45, 2.75) is 6.54 Å². The van der Waals surface area contributed by atoms with Crippen LogP contribution in [0.4, 0.5) is 5.69 Å². The van der Waals surface area contributed by atoms with Gasteiger partial charge in [0.15, 0.2) is 0 Å². The number of hydrogen-bond acceptors (Lipinski definition) is 4. The number of carbonyl (C=O) groups is 1. The highest BCUT2D eigenvalue weighted by atomic mass is 16.6. The molecule has 0 fully saturated rings. The molecule has 20 heavy (non-hydrogen) atoms. The van der Waals surface area contributed by atoms with Crippen molar-refractivity contribution in [2.24, 2.45) is 7.05 Å². The summed E-state index contributed by atoms with van der Waals surface area (Å²) < 4.78 is 1.68. The molecule has 0 radical (unpaired) electrons. The normalized spacial score (nSPS) is 10.3. The molecule has 0 atom stereocenters. The monoisotopic (exact) mass is 274 g/mol. The van der Waals surface area contributed by atoms with E-state index in [4.69, 9.17) is 0 Å². The molecule has 7 nitrogen and oxygen atoms in total. The minimum Gasteiger partial charge on any atom is -0.336 e. The van der Waals surface area contributed by atoms with Crippen LogP contribution in [0, 0.1) is 10.1 Å². The minimum atomic E-state index is -0.516. The number of nitro groups is 1. The fourth-order valence-corrected chi connectivity index (χ4v) is 1.84. The summed E-state index contributed by atoms with van der Waals surface area (Å²) in [6, 6.07) is 7.52. The van der Waals surface area contributed by atoms with Crippen molar-refractivity contribution < 1.29 is 9.72 Å². The van der Waals surface area contributed by atoms with E-state index in [2.05, 4.69) is 5.10 Å². The number of hydrogen-bond donors (Lipinski definition) is 0. The highest BCUT2D eigenvalue weighted by molar-refractivity contribution is 5.94. The standard InChI is InChI=1S/C13H14N4O3/c1-15(9-12-6-7-14-16(12)2)13(18)10-4-3-5-11(8-10)17(19)20/h3-8H,9H2,1-2H3. The van der Waals surface area contributed by atoms with E-state index in [0.717, 1.165) is 5.69 Å². The third kappa shape index (κ3) is 2.82. The van der Waals surface area contributed by atoms with Crippen LogP contribution in [0.25, 0.3) is 0 Å². The van der Waals surface area contributed by atoms with E-state index in [9.17, 15) is 14.9 Å². The molecule has 0 aliphatic carbocycles. The van der Waals surface area contributed by atoms with Crippen molar-refractivity contribution in [2.75, 3.05) is 7.05 Å².